The number of carbonyl (C=O) groups is 2. The molecule has 0 aromatic rings. The first-order valence-corrected chi connectivity index (χ1v) is 22.2. The normalized spacial score (nSPS) is 14.1. The monoisotopic (exact) mass is 754 g/mol. The zero-order chi connectivity index (χ0) is 39.6. The second-order valence-corrected chi connectivity index (χ2v) is 14.7. The molecule has 0 spiro atoms. The van der Waals surface area contributed by atoms with Gasteiger partial charge in [0.25, 0.3) is 0 Å². The quantitative estimate of drug-likeness (QED) is 0.0331. The maximum atomic E-state index is 13.1. The topological polar surface area (TPSA) is 95.9 Å². The molecule has 0 aromatic carbocycles. The molecule has 3 N–H and O–H groups in total. The van der Waals surface area contributed by atoms with Crippen LogP contribution in [0.2, 0.25) is 0 Å². The number of carbonyl (C=O) groups excluding carboxylic acids is 2. The number of esters is 1. The molecule has 6 heteroatoms. The summed E-state index contributed by atoms with van der Waals surface area (Å²) in [6, 6.07) is -0.743. The highest BCUT2D eigenvalue weighted by molar-refractivity contribution is 5.78. The average molecular weight is 754 g/mol. The van der Waals surface area contributed by atoms with Gasteiger partial charge in [0.2, 0.25) is 5.91 Å². The summed E-state index contributed by atoms with van der Waals surface area (Å²) in [6.07, 6.45) is 51.3. The molecular formula is C48H83NO5. The van der Waals surface area contributed by atoms with E-state index >= 15 is 0 Å². The van der Waals surface area contributed by atoms with Gasteiger partial charge in [-0.1, -0.05) is 184 Å². The van der Waals surface area contributed by atoms with Gasteiger partial charge in [0.15, 0.2) is 0 Å². The van der Waals surface area contributed by atoms with Crippen LogP contribution in [0.3, 0.4) is 0 Å². The molecular weight excluding hydrogens is 671 g/mol. The van der Waals surface area contributed by atoms with Crippen LogP contribution >= 0.6 is 0 Å². The van der Waals surface area contributed by atoms with Crippen molar-refractivity contribution >= 4 is 11.9 Å². The molecule has 3 atom stereocenters. The summed E-state index contributed by atoms with van der Waals surface area (Å²) < 4.78 is 5.77. The molecule has 0 aliphatic carbocycles. The largest absolute Gasteiger partial charge is 0.458 e. The van der Waals surface area contributed by atoms with Gasteiger partial charge in [-0.25, -0.2) is 0 Å². The van der Waals surface area contributed by atoms with Gasteiger partial charge in [-0.3, -0.25) is 9.59 Å². The first-order chi connectivity index (χ1) is 26.5. The summed E-state index contributed by atoms with van der Waals surface area (Å²) in [5.41, 5.74) is 0. The van der Waals surface area contributed by atoms with E-state index in [1.165, 1.54) is 70.6 Å². The number of aliphatic hydroxyl groups is 2. The van der Waals surface area contributed by atoms with Crippen molar-refractivity contribution in [2.24, 2.45) is 0 Å². The molecule has 0 aliphatic heterocycles. The summed E-state index contributed by atoms with van der Waals surface area (Å²) in [5, 5.41) is 23.5. The van der Waals surface area contributed by atoms with Crippen molar-refractivity contribution in [1.82, 2.24) is 5.32 Å². The number of rotatable bonds is 38. The molecule has 0 heterocycles. The smallest absolute Gasteiger partial charge is 0.306 e. The van der Waals surface area contributed by atoms with Crippen molar-refractivity contribution < 1.29 is 24.5 Å². The van der Waals surface area contributed by atoms with Gasteiger partial charge in [-0.2, -0.15) is 0 Å². The van der Waals surface area contributed by atoms with Crippen LogP contribution in [-0.4, -0.2) is 46.9 Å². The lowest BCUT2D eigenvalue weighted by Gasteiger charge is -2.23. The number of nitrogens with one attached hydrogen (secondary N) is 1. The molecule has 0 bridgehead atoms. The Bertz CT molecular complexity index is 1030. The Hall–Kier alpha value is -2.70. The van der Waals surface area contributed by atoms with Crippen molar-refractivity contribution in [3.05, 3.63) is 72.9 Å². The molecule has 0 aliphatic rings. The van der Waals surface area contributed by atoms with Crippen molar-refractivity contribution in [1.29, 1.82) is 0 Å². The highest BCUT2D eigenvalue weighted by Gasteiger charge is 2.23. The molecule has 310 valence electrons. The minimum atomic E-state index is -0.820. The van der Waals surface area contributed by atoms with E-state index in [9.17, 15) is 19.8 Å². The maximum absolute atomic E-state index is 13.1. The summed E-state index contributed by atoms with van der Waals surface area (Å²) in [7, 11) is 0. The predicted molar refractivity (Wildman–Crippen MR) is 231 cm³/mol. The van der Waals surface area contributed by atoms with Gasteiger partial charge < -0.3 is 20.3 Å². The number of amides is 1. The van der Waals surface area contributed by atoms with Gasteiger partial charge in [0.1, 0.15) is 6.10 Å². The third-order valence-corrected chi connectivity index (χ3v) is 9.51. The fourth-order valence-corrected chi connectivity index (χ4v) is 6.14. The highest BCUT2D eigenvalue weighted by atomic mass is 16.5. The van der Waals surface area contributed by atoms with Gasteiger partial charge in [0.05, 0.1) is 25.2 Å². The molecule has 0 fully saturated rings. The van der Waals surface area contributed by atoms with Gasteiger partial charge >= 0.3 is 5.97 Å². The van der Waals surface area contributed by atoms with Gasteiger partial charge in [-0.15, -0.1) is 0 Å². The fourth-order valence-electron chi connectivity index (χ4n) is 6.14. The number of ether oxygens (including phenoxy) is 1. The van der Waals surface area contributed by atoms with Crippen LogP contribution in [0.4, 0.5) is 0 Å². The van der Waals surface area contributed by atoms with Crippen molar-refractivity contribution in [3.63, 3.8) is 0 Å². The summed E-state index contributed by atoms with van der Waals surface area (Å²) in [4.78, 5) is 25.9. The van der Waals surface area contributed by atoms with E-state index in [-0.39, 0.29) is 24.9 Å². The zero-order valence-electron chi connectivity index (χ0n) is 35.1. The Balaban J connectivity index is 4.82. The first-order valence-electron chi connectivity index (χ1n) is 22.2. The van der Waals surface area contributed by atoms with Gasteiger partial charge in [0, 0.05) is 6.42 Å². The van der Waals surface area contributed by atoms with Crippen molar-refractivity contribution in [2.45, 2.75) is 212 Å². The lowest BCUT2D eigenvalue weighted by molar-refractivity contribution is -0.148. The van der Waals surface area contributed by atoms with Crippen LogP contribution in [0.25, 0.3) is 0 Å². The van der Waals surface area contributed by atoms with Crippen LogP contribution in [-0.2, 0) is 14.3 Å². The van der Waals surface area contributed by atoms with E-state index < -0.39 is 18.2 Å². The molecule has 6 nitrogen and oxygen atoms in total. The molecule has 1 amide bonds. The van der Waals surface area contributed by atoms with E-state index in [2.05, 4.69) is 86.8 Å². The summed E-state index contributed by atoms with van der Waals surface area (Å²) in [5.74, 6) is -0.648. The third-order valence-electron chi connectivity index (χ3n) is 9.51. The zero-order valence-corrected chi connectivity index (χ0v) is 35.1. The van der Waals surface area contributed by atoms with Gasteiger partial charge in [-0.05, 0) is 70.3 Å². The molecule has 0 saturated heterocycles. The Morgan fingerprint density at radius 3 is 1.61 bits per heavy atom. The van der Waals surface area contributed by atoms with E-state index in [0.717, 1.165) is 77.0 Å². The Morgan fingerprint density at radius 2 is 1.06 bits per heavy atom. The van der Waals surface area contributed by atoms with Crippen LogP contribution in [0.1, 0.15) is 194 Å². The first kappa shape index (κ1) is 51.3. The second-order valence-electron chi connectivity index (χ2n) is 14.7. The Morgan fingerprint density at radius 1 is 0.574 bits per heavy atom. The SMILES string of the molecule is CC/C=C/C/C=C/C/C=C/C/C=C/C/C=C/C(CC(=O)NC(CO)C(O)CCCCCCCCCCCC)OC(=O)CCCCCCC/C=C\CCCC. The maximum Gasteiger partial charge on any atom is 0.306 e. The lowest BCUT2D eigenvalue weighted by Crippen LogP contribution is -2.46. The predicted octanol–water partition coefficient (Wildman–Crippen LogP) is 12.7. The molecule has 3 unspecified atom stereocenters. The molecule has 0 radical (unpaired) electrons. The average Bonchev–Trinajstić information content (AvgIpc) is 3.16. The van der Waals surface area contributed by atoms with Crippen LogP contribution < -0.4 is 5.32 Å². The number of allylic oxidation sites excluding steroid dienone is 11. The van der Waals surface area contributed by atoms with Crippen molar-refractivity contribution in [2.75, 3.05) is 6.61 Å². The van der Waals surface area contributed by atoms with E-state index in [0.29, 0.717) is 19.3 Å². The van der Waals surface area contributed by atoms with E-state index in [4.69, 9.17) is 4.74 Å². The third kappa shape index (κ3) is 36.3. The second kappa shape index (κ2) is 41.5. The Labute approximate surface area is 332 Å². The lowest BCUT2D eigenvalue weighted by atomic mass is 10.0. The summed E-state index contributed by atoms with van der Waals surface area (Å²) in [6.45, 7) is 6.25. The minimum absolute atomic E-state index is 0.0519. The van der Waals surface area contributed by atoms with Crippen molar-refractivity contribution in [3.8, 4) is 0 Å². The fraction of sp³-hybridized carbons (Fsp3) is 0.708. The highest BCUT2D eigenvalue weighted by Crippen LogP contribution is 2.14. The number of hydrogen-bond donors (Lipinski definition) is 3. The minimum Gasteiger partial charge on any atom is -0.458 e. The molecule has 0 saturated carbocycles. The number of unbranched alkanes of at least 4 members (excludes halogenated alkanes) is 16. The Kier molecular flexibility index (Phi) is 39.4. The molecule has 54 heavy (non-hydrogen) atoms. The van der Waals surface area contributed by atoms with Crippen LogP contribution in [0.5, 0.6) is 0 Å². The van der Waals surface area contributed by atoms with E-state index in [1.807, 2.05) is 6.08 Å². The summed E-state index contributed by atoms with van der Waals surface area (Å²) >= 11 is 0. The molecule has 0 aromatic heterocycles. The van der Waals surface area contributed by atoms with Crippen LogP contribution in [0, 0.1) is 0 Å². The molecule has 0 rings (SSSR count). The van der Waals surface area contributed by atoms with Crippen LogP contribution in [0.15, 0.2) is 72.9 Å². The number of aliphatic hydroxyl groups excluding tert-OH is 2. The van der Waals surface area contributed by atoms with E-state index in [1.54, 1.807) is 6.08 Å². The standard InChI is InChI=1S/C48H83NO5/c1-4-7-10-13-16-19-22-23-24-26-27-30-33-36-39-44(54-48(53)41-38-35-32-29-25-20-17-14-11-8-5-2)42-47(52)49-45(43-50)46(51)40-37-34-31-28-21-18-15-12-9-6-3/h7,10,14,16-17,19,23-24,27,30,36,39,44-46,50-51H,4-6,8-9,11-13,15,18,20-22,25-26,28-29,31-35,37-38,40-43H2,1-3H3,(H,49,52)/b10-7+,17-14-,19-16+,24-23+,30-27+,39-36+. The number of hydrogen-bond acceptors (Lipinski definition) is 5.